The maximum Gasteiger partial charge on any atom is 0.276 e. The van der Waals surface area contributed by atoms with Gasteiger partial charge in [0, 0.05) is 26.2 Å². The Balaban J connectivity index is 1.52. The molecule has 1 amide bonds. The first-order valence-corrected chi connectivity index (χ1v) is 7.42. The predicted octanol–water partition coefficient (Wildman–Crippen LogP) is -0.964. The largest absolute Gasteiger partial charge is 0.394 e. The summed E-state index contributed by atoms with van der Waals surface area (Å²) in [4.78, 5) is 14.2. The van der Waals surface area contributed by atoms with Crippen LogP contribution in [0.1, 0.15) is 29.4 Å². The van der Waals surface area contributed by atoms with Crippen molar-refractivity contribution in [1.29, 1.82) is 0 Å². The van der Waals surface area contributed by atoms with E-state index in [9.17, 15) is 4.79 Å². The van der Waals surface area contributed by atoms with Gasteiger partial charge in [-0.05, 0) is 12.8 Å². The fourth-order valence-electron chi connectivity index (χ4n) is 2.62. The third kappa shape index (κ3) is 3.22. The van der Waals surface area contributed by atoms with E-state index >= 15 is 0 Å². The van der Waals surface area contributed by atoms with E-state index in [1.54, 1.807) is 15.8 Å². The summed E-state index contributed by atoms with van der Waals surface area (Å²) < 4.78 is 7.26. The van der Waals surface area contributed by atoms with Crippen LogP contribution < -0.4 is 5.32 Å². The molecule has 0 radical (unpaired) electrons. The van der Waals surface area contributed by atoms with Crippen molar-refractivity contribution in [2.75, 3.05) is 39.4 Å². The number of aliphatic hydroxyl groups is 1. The van der Waals surface area contributed by atoms with Crippen LogP contribution in [0.4, 0.5) is 0 Å². The number of aromatic nitrogens is 3. The molecular formula is C13H21N5O3. The minimum absolute atomic E-state index is 0.0400. The highest BCUT2D eigenvalue weighted by Gasteiger charge is 2.27. The fourth-order valence-corrected chi connectivity index (χ4v) is 2.62. The van der Waals surface area contributed by atoms with Crippen LogP contribution in [0.3, 0.4) is 0 Å². The quantitative estimate of drug-likeness (QED) is 0.726. The van der Waals surface area contributed by atoms with Crippen molar-refractivity contribution in [3.05, 3.63) is 11.9 Å². The number of carbonyl (C=O) groups excluding carboxylic acids is 1. The van der Waals surface area contributed by atoms with Crippen molar-refractivity contribution < 1.29 is 14.6 Å². The second kappa shape index (κ2) is 6.50. The van der Waals surface area contributed by atoms with E-state index in [0.717, 1.165) is 25.9 Å². The molecule has 2 aliphatic heterocycles. The third-order valence-electron chi connectivity index (χ3n) is 4.04. The van der Waals surface area contributed by atoms with Gasteiger partial charge in [-0.25, -0.2) is 4.68 Å². The van der Waals surface area contributed by atoms with Gasteiger partial charge in [0.2, 0.25) is 0 Å². The molecule has 8 nitrogen and oxygen atoms in total. The maximum absolute atomic E-state index is 12.4. The first kappa shape index (κ1) is 14.4. The third-order valence-corrected chi connectivity index (χ3v) is 4.04. The zero-order chi connectivity index (χ0) is 14.7. The molecule has 0 unspecified atom stereocenters. The number of hydrogen-bond donors (Lipinski definition) is 2. The lowest BCUT2D eigenvalue weighted by Crippen LogP contribution is -2.43. The summed E-state index contributed by atoms with van der Waals surface area (Å²) in [6.45, 7) is 3.48. The number of piperidine rings is 1. The Labute approximate surface area is 123 Å². The van der Waals surface area contributed by atoms with Gasteiger partial charge in [0.05, 0.1) is 31.6 Å². The lowest BCUT2D eigenvalue weighted by Gasteiger charge is -2.31. The molecule has 2 aliphatic rings. The number of aliphatic hydroxyl groups excluding tert-OH is 1. The van der Waals surface area contributed by atoms with Gasteiger partial charge in [-0.15, -0.1) is 5.10 Å². The van der Waals surface area contributed by atoms with Gasteiger partial charge in [-0.3, -0.25) is 4.79 Å². The van der Waals surface area contributed by atoms with Gasteiger partial charge in [-0.1, -0.05) is 5.21 Å². The molecule has 2 saturated heterocycles. The number of likely N-dealkylation sites (tertiary alicyclic amines) is 1. The highest BCUT2D eigenvalue weighted by Crippen LogP contribution is 2.16. The molecule has 116 valence electrons. The molecule has 21 heavy (non-hydrogen) atoms. The average Bonchev–Trinajstić information content (AvgIpc) is 2.92. The number of nitrogens with one attached hydrogen (secondary N) is 1. The van der Waals surface area contributed by atoms with Gasteiger partial charge in [0.25, 0.3) is 5.91 Å². The zero-order valence-corrected chi connectivity index (χ0v) is 11.9. The van der Waals surface area contributed by atoms with Crippen LogP contribution in [-0.2, 0) is 4.74 Å². The molecule has 3 rings (SSSR count). The minimum Gasteiger partial charge on any atom is -0.394 e. The average molecular weight is 295 g/mol. The van der Waals surface area contributed by atoms with E-state index in [2.05, 4.69) is 15.6 Å². The predicted molar refractivity (Wildman–Crippen MR) is 73.9 cm³/mol. The number of hydrogen-bond acceptors (Lipinski definition) is 6. The number of ether oxygens (including phenoxy) is 1. The molecule has 0 saturated carbocycles. The molecular weight excluding hydrogens is 274 g/mol. The van der Waals surface area contributed by atoms with Crippen LogP contribution >= 0.6 is 0 Å². The van der Waals surface area contributed by atoms with Gasteiger partial charge < -0.3 is 20.1 Å². The Morgan fingerprint density at radius 1 is 1.43 bits per heavy atom. The van der Waals surface area contributed by atoms with E-state index < -0.39 is 0 Å². The Kier molecular flexibility index (Phi) is 4.47. The molecule has 0 aliphatic carbocycles. The molecule has 1 aromatic rings. The van der Waals surface area contributed by atoms with Crippen LogP contribution in [-0.4, -0.2) is 76.4 Å². The Hall–Kier alpha value is -1.51. The van der Waals surface area contributed by atoms with Crippen LogP contribution in [0.25, 0.3) is 0 Å². The topological polar surface area (TPSA) is 92.5 Å². The smallest absolute Gasteiger partial charge is 0.276 e. The molecule has 0 atom stereocenters. The SMILES string of the molecule is O=C(c1cn(C2CNC2)nn1)N1CCC(OCCO)CC1. The van der Waals surface area contributed by atoms with Crippen LogP contribution in [0.2, 0.25) is 0 Å². The summed E-state index contributed by atoms with van der Waals surface area (Å²) in [6.07, 6.45) is 3.47. The molecule has 1 aromatic heterocycles. The maximum atomic E-state index is 12.4. The number of nitrogens with zero attached hydrogens (tertiary/aromatic N) is 4. The van der Waals surface area contributed by atoms with E-state index in [0.29, 0.717) is 31.4 Å². The summed E-state index contributed by atoms with van der Waals surface area (Å²) in [5.41, 5.74) is 0.414. The second-order valence-electron chi connectivity index (χ2n) is 5.48. The summed E-state index contributed by atoms with van der Waals surface area (Å²) in [5, 5.41) is 19.9. The van der Waals surface area contributed by atoms with Gasteiger partial charge in [-0.2, -0.15) is 0 Å². The molecule has 2 fully saturated rings. The molecule has 0 bridgehead atoms. The number of rotatable bonds is 5. The van der Waals surface area contributed by atoms with E-state index in [4.69, 9.17) is 9.84 Å². The van der Waals surface area contributed by atoms with Crippen molar-refractivity contribution in [3.63, 3.8) is 0 Å². The van der Waals surface area contributed by atoms with Crippen molar-refractivity contribution in [2.45, 2.75) is 25.0 Å². The van der Waals surface area contributed by atoms with E-state index in [-0.39, 0.29) is 18.6 Å². The van der Waals surface area contributed by atoms with Crippen molar-refractivity contribution in [3.8, 4) is 0 Å². The van der Waals surface area contributed by atoms with Crippen molar-refractivity contribution in [2.24, 2.45) is 0 Å². The summed E-state index contributed by atoms with van der Waals surface area (Å²) >= 11 is 0. The van der Waals surface area contributed by atoms with E-state index in [1.807, 2.05) is 0 Å². The van der Waals surface area contributed by atoms with Crippen LogP contribution in [0.5, 0.6) is 0 Å². The number of carbonyl (C=O) groups is 1. The normalized spacial score (nSPS) is 20.5. The summed E-state index contributed by atoms with van der Waals surface area (Å²) in [6, 6.07) is 0.316. The summed E-state index contributed by atoms with van der Waals surface area (Å²) in [5.74, 6) is -0.0610. The Morgan fingerprint density at radius 3 is 2.81 bits per heavy atom. The first-order chi connectivity index (χ1) is 10.3. The van der Waals surface area contributed by atoms with Gasteiger partial charge in [0.1, 0.15) is 0 Å². The molecule has 0 aromatic carbocycles. The Morgan fingerprint density at radius 2 is 2.19 bits per heavy atom. The van der Waals surface area contributed by atoms with Gasteiger partial charge in [0.15, 0.2) is 5.69 Å². The molecule has 2 N–H and O–H groups in total. The zero-order valence-electron chi connectivity index (χ0n) is 11.9. The van der Waals surface area contributed by atoms with Crippen LogP contribution in [0.15, 0.2) is 6.20 Å². The standard InChI is InChI=1S/C13H21N5O3/c19-5-6-21-11-1-3-17(4-2-11)13(20)12-9-18(16-15-12)10-7-14-8-10/h9-11,14,19H,1-8H2. The lowest BCUT2D eigenvalue weighted by molar-refractivity contribution is -0.00565. The van der Waals surface area contributed by atoms with Crippen molar-refractivity contribution >= 4 is 5.91 Å². The first-order valence-electron chi connectivity index (χ1n) is 7.42. The Bertz CT molecular complexity index is 480. The number of amides is 1. The van der Waals surface area contributed by atoms with Crippen molar-refractivity contribution in [1.82, 2.24) is 25.2 Å². The monoisotopic (exact) mass is 295 g/mol. The molecule has 8 heteroatoms. The fraction of sp³-hybridized carbons (Fsp3) is 0.769. The lowest BCUT2D eigenvalue weighted by atomic mass is 10.1. The van der Waals surface area contributed by atoms with E-state index in [1.165, 1.54) is 0 Å². The summed E-state index contributed by atoms with van der Waals surface area (Å²) in [7, 11) is 0. The molecule has 0 spiro atoms. The second-order valence-corrected chi connectivity index (χ2v) is 5.48. The minimum atomic E-state index is -0.0610. The molecule has 3 heterocycles. The van der Waals surface area contributed by atoms with Crippen LogP contribution in [0, 0.1) is 0 Å². The highest BCUT2D eigenvalue weighted by molar-refractivity contribution is 5.92. The van der Waals surface area contributed by atoms with Gasteiger partial charge >= 0.3 is 0 Å². The highest BCUT2D eigenvalue weighted by atomic mass is 16.5.